The van der Waals surface area contributed by atoms with Crippen molar-refractivity contribution in [2.24, 2.45) is 0 Å². The second-order valence-electron chi connectivity index (χ2n) is 5.68. The lowest BCUT2D eigenvalue weighted by Gasteiger charge is -2.20. The third-order valence-electron chi connectivity index (χ3n) is 3.91. The van der Waals surface area contributed by atoms with Crippen molar-refractivity contribution in [1.29, 1.82) is 0 Å². The number of para-hydroxylation sites is 1. The molecule has 0 aliphatic carbocycles. The van der Waals surface area contributed by atoms with Crippen molar-refractivity contribution in [3.8, 4) is 0 Å². The van der Waals surface area contributed by atoms with Gasteiger partial charge in [0.15, 0.2) is 0 Å². The van der Waals surface area contributed by atoms with Crippen LogP contribution in [-0.4, -0.2) is 33.1 Å². The molecule has 0 bridgehead atoms. The maximum absolute atomic E-state index is 12.5. The lowest BCUT2D eigenvalue weighted by atomic mass is 10.2. The highest BCUT2D eigenvalue weighted by molar-refractivity contribution is 9.10. The van der Waals surface area contributed by atoms with E-state index in [1.54, 1.807) is 23.1 Å². The molecule has 0 aliphatic heterocycles. The molecule has 26 heavy (non-hydrogen) atoms. The number of hydrogen-bond acceptors (Lipinski definition) is 4. The lowest BCUT2D eigenvalue weighted by Crippen LogP contribution is -2.33. The molecular formula is C19H18BrN3O2S. The molecule has 0 fully saturated rings. The molecule has 0 atom stereocenters. The van der Waals surface area contributed by atoms with E-state index < -0.39 is 0 Å². The minimum absolute atomic E-state index is 0.0104. The highest BCUT2D eigenvalue weighted by Crippen LogP contribution is 2.21. The molecule has 2 aromatic carbocycles. The average Bonchev–Trinajstić information content (AvgIpc) is 2.65. The molecule has 5 nitrogen and oxygen atoms in total. The van der Waals surface area contributed by atoms with Crippen LogP contribution in [0.3, 0.4) is 0 Å². The lowest BCUT2D eigenvalue weighted by molar-refractivity contribution is -0.128. The minimum Gasteiger partial charge on any atom is -0.335 e. The van der Waals surface area contributed by atoms with Crippen molar-refractivity contribution in [3.05, 3.63) is 69.2 Å². The highest BCUT2D eigenvalue weighted by Gasteiger charge is 2.14. The first kappa shape index (κ1) is 18.7. The molecular weight excluding hydrogens is 414 g/mol. The standard InChI is InChI=1S/C19H18BrN3O2S/c1-2-23(18(24)12-26-14-9-7-13(20)8-10-14)11-17-21-16-6-4-3-5-15(16)19(25)22-17/h3-10H,2,11-12H2,1H3,(H,21,22,25). The summed E-state index contributed by atoms with van der Waals surface area (Å²) >= 11 is 4.89. The third-order valence-corrected chi connectivity index (χ3v) is 5.44. The zero-order chi connectivity index (χ0) is 18.5. The Morgan fingerprint density at radius 3 is 2.65 bits per heavy atom. The molecule has 1 heterocycles. The molecule has 0 unspecified atom stereocenters. The number of H-pyrrole nitrogens is 1. The van der Waals surface area contributed by atoms with E-state index in [0.29, 0.717) is 29.0 Å². The summed E-state index contributed by atoms with van der Waals surface area (Å²) in [4.78, 5) is 34.7. The number of benzene rings is 2. The molecule has 0 spiro atoms. The number of carbonyl (C=O) groups is 1. The van der Waals surface area contributed by atoms with Crippen molar-refractivity contribution in [2.75, 3.05) is 12.3 Å². The first-order chi connectivity index (χ1) is 12.6. The predicted octanol–water partition coefficient (Wildman–Crippen LogP) is 3.83. The molecule has 1 N–H and O–H groups in total. The average molecular weight is 432 g/mol. The van der Waals surface area contributed by atoms with Crippen LogP contribution in [0.5, 0.6) is 0 Å². The fourth-order valence-electron chi connectivity index (χ4n) is 2.53. The second-order valence-corrected chi connectivity index (χ2v) is 7.64. The van der Waals surface area contributed by atoms with Crippen LogP contribution in [0, 0.1) is 0 Å². The van der Waals surface area contributed by atoms with Gasteiger partial charge in [0.2, 0.25) is 5.91 Å². The molecule has 0 saturated carbocycles. The number of amides is 1. The Morgan fingerprint density at radius 2 is 1.92 bits per heavy atom. The van der Waals surface area contributed by atoms with E-state index >= 15 is 0 Å². The van der Waals surface area contributed by atoms with E-state index in [1.807, 2.05) is 37.3 Å². The number of thioether (sulfide) groups is 1. The topological polar surface area (TPSA) is 66.1 Å². The van der Waals surface area contributed by atoms with E-state index in [2.05, 4.69) is 25.9 Å². The molecule has 0 aliphatic rings. The van der Waals surface area contributed by atoms with Gasteiger partial charge in [0.25, 0.3) is 5.56 Å². The predicted molar refractivity (Wildman–Crippen MR) is 108 cm³/mol. The number of fused-ring (bicyclic) bond motifs is 1. The van der Waals surface area contributed by atoms with Gasteiger partial charge < -0.3 is 9.88 Å². The first-order valence-electron chi connectivity index (χ1n) is 8.21. The summed E-state index contributed by atoms with van der Waals surface area (Å²) in [6.45, 7) is 2.76. The Bertz CT molecular complexity index is 972. The Balaban J connectivity index is 1.69. The van der Waals surface area contributed by atoms with E-state index in [9.17, 15) is 9.59 Å². The van der Waals surface area contributed by atoms with Gasteiger partial charge in [0.1, 0.15) is 5.82 Å². The maximum atomic E-state index is 12.5. The van der Waals surface area contributed by atoms with Crippen molar-refractivity contribution in [2.45, 2.75) is 18.4 Å². The molecule has 0 saturated heterocycles. The Kier molecular flexibility index (Phi) is 6.11. The number of aromatic nitrogens is 2. The monoisotopic (exact) mass is 431 g/mol. The zero-order valence-corrected chi connectivity index (χ0v) is 16.6. The second kappa shape index (κ2) is 8.51. The summed E-state index contributed by atoms with van der Waals surface area (Å²) in [6, 6.07) is 15.0. The molecule has 0 radical (unpaired) electrons. The summed E-state index contributed by atoms with van der Waals surface area (Å²) < 4.78 is 1.01. The number of carbonyl (C=O) groups excluding carboxylic acids is 1. The van der Waals surface area contributed by atoms with Crippen LogP contribution in [0.25, 0.3) is 10.9 Å². The number of halogens is 1. The van der Waals surface area contributed by atoms with Crippen LogP contribution < -0.4 is 5.56 Å². The van der Waals surface area contributed by atoms with Gasteiger partial charge in [0.05, 0.1) is 23.2 Å². The molecule has 1 aromatic heterocycles. The number of nitrogens with zero attached hydrogens (tertiary/aromatic N) is 2. The maximum Gasteiger partial charge on any atom is 0.258 e. The van der Waals surface area contributed by atoms with Gasteiger partial charge in [-0.15, -0.1) is 11.8 Å². The Hall–Kier alpha value is -2.12. The molecule has 7 heteroatoms. The summed E-state index contributed by atoms with van der Waals surface area (Å²) in [7, 11) is 0. The van der Waals surface area contributed by atoms with E-state index in [-0.39, 0.29) is 18.0 Å². The van der Waals surface area contributed by atoms with Gasteiger partial charge in [-0.05, 0) is 43.3 Å². The number of hydrogen-bond donors (Lipinski definition) is 1. The molecule has 3 aromatic rings. The fraction of sp³-hybridized carbons (Fsp3) is 0.211. The van der Waals surface area contributed by atoms with Gasteiger partial charge in [-0.1, -0.05) is 28.1 Å². The molecule has 1 amide bonds. The molecule has 3 rings (SSSR count). The van der Waals surface area contributed by atoms with Crippen molar-refractivity contribution < 1.29 is 4.79 Å². The van der Waals surface area contributed by atoms with Crippen LogP contribution in [0.1, 0.15) is 12.7 Å². The van der Waals surface area contributed by atoms with Crippen LogP contribution >= 0.6 is 27.7 Å². The highest BCUT2D eigenvalue weighted by atomic mass is 79.9. The molecule has 134 valence electrons. The van der Waals surface area contributed by atoms with E-state index in [4.69, 9.17) is 0 Å². The minimum atomic E-state index is -0.182. The number of aromatic amines is 1. The quantitative estimate of drug-likeness (QED) is 0.602. The van der Waals surface area contributed by atoms with Crippen molar-refractivity contribution in [3.63, 3.8) is 0 Å². The van der Waals surface area contributed by atoms with Gasteiger partial charge in [-0.25, -0.2) is 4.98 Å². The van der Waals surface area contributed by atoms with Crippen LogP contribution in [0.2, 0.25) is 0 Å². The van der Waals surface area contributed by atoms with E-state index in [1.165, 1.54) is 11.8 Å². The van der Waals surface area contributed by atoms with Gasteiger partial charge in [-0.3, -0.25) is 9.59 Å². The first-order valence-corrected chi connectivity index (χ1v) is 9.98. The normalized spacial score (nSPS) is 10.8. The fourth-order valence-corrected chi connectivity index (χ4v) is 3.60. The number of rotatable bonds is 6. The van der Waals surface area contributed by atoms with Crippen LogP contribution in [0.15, 0.2) is 62.7 Å². The number of nitrogens with one attached hydrogen (secondary N) is 1. The van der Waals surface area contributed by atoms with E-state index in [0.717, 1.165) is 9.37 Å². The Morgan fingerprint density at radius 1 is 1.19 bits per heavy atom. The Labute approximate surface area is 164 Å². The zero-order valence-electron chi connectivity index (χ0n) is 14.2. The van der Waals surface area contributed by atoms with Crippen molar-refractivity contribution >= 4 is 44.5 Å². The summed E-state index contributed by atoms with van der Waals surface area (Å²) in [5.41, 5.74) is 0.456. The van der Waals surface area contributed by atoms with Crippen LogP contribution in [0.4, 0.5) is 0 Å². The summed E-state index contributed by atoms with van der Waals surface area (Å²) in [5.74, 6) is 0.849. The smallest absolute Gasteiger partial charge is 0.258 e. The third kappa shape index (κ3) is 4.53. The van der Waals surface area contributed by atoms with Crippen LogP contribution in [-0.2, 0) is 11.3 Å². The summed E-state index contributed by atoms with van der Waals surface area (Å²) in [6.07, 6.45) is 0. The van der Waals surface area contributed by atoms with Gasteiger partial charge in [-0.2, -0.15) is 0 Å². The summed E-state index contributed by atoms with van der Waals surface area (Å²) in [5, 5.41) is 0.552. The SMILES string of the molecule is CCN(Cc1nc2ccccc2c(=O)[nH]1)C(=O)CSc1ccc(Br)cc1. The van der Waals surface area contributed by atoms with Gasteiger partial charge in [0, 0.05) is 15.9 Å². The largest absolute Gasteiger partial charge is 0.335 e. The van der Waals surface area contributed by atoms with Crippen molar-refractivity contribution in [1.82, 2.24) is 14.9 Å². The van der Waals surface area contributed by atoms with Gasteiger partial charge >= 0.3 is 0 Å².